The molecule has 7 heteroatoms. The van der Waals surface area contributed by atoms with Crippen molar-refractivity contribution in [2.75, 3.05) is 0 Å². The minimum atomic E-state index is -0.722. The molecule has 2 N–H and O–H groups in total. The molecule has 291 valence electrons. The number of hydrogen-bond acceptors (Lipinski definition) is 6. The van der Waals surface area contributed by atoms with E-state index in [2.05, 4.69) is 12.1 Å². The molecule has 8 aromatic carbocycles. The average Bonchev–Trinajstić information content (AvgIpc) is 3.25. The van der Waals surface area contributed by atoms with Gasteiger partial charge in [-0.25, -0.2) is 0 Å². The molecule has 0 aliphatic heterocycles. The van der Waals surface area contributed by atoms with E-state index in [1.54, 1.807) is 0 Å². The van der Waals surface area contributed by atoms with Crippen LogP contribution >= 0.6 is 0 Å². The Morgan fingerprint density at radius 2 is 0.712 bits per heavy atom. The van der Waals surface area contributed by atoms with Crippen LogP contribution in [0, 0.1) is 0 Å². The van der Waals surface area contributed by atoms with Gasteiger partial charge in [-0.05, 0) is 80.2 Å². The standard InChI is InChI=1S/C52H40N2O4.Co/c1-33(55)45(51(57)47-41-25-13-9-21-37(41)29-38-22-10-14-26-42(38)47)31-53-49(35-17-5-3-6-18-35)50(36-19-7-4-8-20-36)54-32-46(34(2)56)52(58)48-43-27-15-11-23-39(43)30-40-24-12-16-28-44(40)48;/h3-32,49-50,55-56H,1-2H3;/b45-33+,46-34+,53-31?,54-32?;/t49-,50-;/m0./s1. The molecule has 0 saturated heterocycles. The van der Waals surface area contributed by atoms with Crippen molar-refractivity contribution in [1.82, 2.24) is 0 Å². The van der Waals surface area contributed by atoms with E-state index in [0.29, 0.717) is 11.1 Å². The summed E-state index contributed by atoms with van der Waals surface area (Å²) in [6.07, 6.45) is 2.89. The smallest absolute Gasteiger partial charge is 0.199 e. The zero-order valence-electron chi connectivity index (χ0n) is 32.4. The maximum Gasteiger partial charge on any atom is 0.199 e. The van der Waals surface area contributed by atoms with Crippen molar-refractivity contribution in [3.63, 3.8) is 0 Å². The number of carbonyl (C=O) groups excluding carboxylic acids is 2. The topological polar surface area (TPSA) is 99.3 Å². The van der Waals surface area contributed by atoms with Crippen LogP contribution in [-0.2, 0) is 16.8 Å². The predicted octanol–water partition coefficient (Wildman–Crippen LogP) is 12.7. The largest absolute Gasteiger partial charge is 0.512 e. The molecule has 0 spiro atoms. The van der Waals surface area contributed by atoms with Gasteiger partial charge in [0, 0.05) is 40.3 Å². The van der Waals surface area contributed by atoms with E-state index in [1.165, 1.54) is 26.3 Å². The molecule has 0 unspecified atom stereocenters. The molecule has 0 heterocycles. The van der Waals surface area contributed by atoms with Crippen molar-refractivity contribution >= 4 is 67.1 Å². The number of aliphatic hydroxyl groups is 2. The van der Waals surface area contributed by atoms with Crippen LogP contribution in [0.5, 0.6) is 0 Å². The maximum atomic E-state index is 14.7. The van der Waals surface area contributed by atoms with E-state index in [4.69, 9.17) is 9.98 Å². The summed E-state index contributed by atoms with van der Waals surface area (Å²) < 4.78 is 0. The van der Waals surface area contributed by atoms with Gasteiger partial charge in [-0.15, -0.1) is 0 Å². The van der Waals surface area contributed by atoms with E-state index in [9.17, 15) is 19.8 Å². The van der Waals surface area contributed by atoms with E-state index in [1.807, 2.05) is 158 Å². The molecule has 0 aliphatic carbocycles. The van der Waals surface area contributed by atoms with Gasteiger partial charge in [-0.2, -0.15) is 0 Å². The van der Waals surface area contributed by atoms with Gasteiger partial charge in [0.2, 0.25) is 0 Å². The number of aliphatic hydroxyl groups excluding tert-OH is 2. The third kappa shape index (κ3) is 8.12. The number of fused-ring (bicyclic) bond motifs is 4. The molecule has 1 radical (unpaired) electrons. The zero-order valence-corrected chi connectivity index (χ0v) is 33.5. The fourth-order valence-corrected chi connectivity index (χ4v) is 7.73. The Morgan fingerprint density at radius 1 is 0.441 bits per heavy atom. The number of Topliss-reactive ketones (excluding diaryl/α,β-unsaturated/α-hetero) is 2. The Kier molecular flexibility index (Phi) is 12.1. The molecule has 0 fully saturated rings. The Bertz CT molecular complexity index is 2670. The van der Waals surface area contributed by atoms with E-state index in [0.717, 1.165) is 54.2 Å². The Morgan fingerprint density at radius 3 is 1.00 bits per heavy atom. The third-order valence-electron chi connectivity index (χ3n) is 10.6. The fraction of sp³-hybridized carbons (Fsp3) is 0.0769. The van der Waals surface area contributed by atoms with Gasteiger partial charge in [0.25, 0.3) is 0 Å². The second kappa shape index (κ2) is 17.7. The summed E-state index contributed by atoms with van der Waals surface area (Å²) in [6.45, 7) is 2.97. The Balaban J connectivity index is 0.00000528. The first-order valence-corrected chi connectivity index (χ1v) is 19.2. The van der Waals surface area contributed by atoms with E-state index >= 15 is 0 Å². The van der Waals surface area contributed by atoms with Gasteiger partial charge in [0.1, 0.15) is 23.6 Å². The molecule has 0 amide bonds. The van der Waals surface area contributed by atoms with Gasteiger partial charge in [-0.3, -0.25) is 19.6 Å². The second-order valence-electron chi connectivity index (χ2n) is 14.3. The first-order valence-electron chi connectivity index (χ1n) is 19.2. The van der Waals surface area contributed by atoms with E-state index < -0.39 is 12.1 Å². The molecular weight excluding hydrogens is 776 g/mol. The van der Waals surface area contributed by atoms with Gasteiger partial charge < -0.3 is 10.2 Å². The van der Waals surface area contributed by atoms with Crippen molar-refractivity contribution in [3.8, 4) is 0 Å². The number of benzene rings is 8. The molecule has 8 rings (SSSR count). The van der Waals surface area contributed by atoms with Gasteiger partial charge in [0.05, 0.1) is 11.1 Å². The van der Waals surface area contributed by atoms with Crippen LogP contribution in [0.25, 0.3) is 43.1 Å². The number of carbonyl (C=O) groups is 2. The summed E-state index contributed by atoms with van der Waals surface area (Å²) in [5, 5.41) is 29.0. The molecule has 8 aromatic rings. The van der Waals surface area contributed by atoms with Crippen LogP contribution in [-0.4, -0.2) is 34.2 Å². The van der Waals surface area contributed by atoms with Crippen LogP contribution in [0.1, 0.15) is 57.8 Å². The van der Waals surface area contributed by atoms with Crippen LogP contribution in [0.15, 0.2) is 203 Å². The SMILES string of the molecule is C/C(O)=C(/C=N[C@@H](c1ccccc1)[C@@H](N=C/C(C(=O)c1c2ccccc2cc2ccccc12)=C(/C)O)c1ccccc1)C(=O)c1c2ccccc2cc2ccccc12.[Co]. The summed E-state index contributed by atoms with van der Waals surface area (Å²) >= 11 is 0. The van der Waals surface area contributed by atoms with Gasteiger partial charge >= 0.3 is 0 Å². The normalized spacial score (nSPS) is 13.7. The monoisotopic (exact) mass is 815 g/mol. The molecule has 59 heavy (non-hydrogen) atoms. The third-order valence-corrected chi connectivity index (χ3v) is 10.6. The molecule has 0 aromatic heterocycles. The number of allylic oxidation sites excluding steroid dienone is 4. The second-order valence-corrected chi connectivity index (χ2v) is 14.3. The molecule has 2 atom stereocenters. The summed E-state index contributed by atoms with van der Waals surface area (Å²) in [5.41, 5.74) is 2.63. The number of nitrogens with zero attached hydrogens (tertiary/aromatic N) is 2. The molecule has 6 nitrogen and oxygen atoms in total. The quantitative estimate of drug-likeness (QED) is 0.0446. The van der Waals surface area contributed by atoms with Crippen LogP contribution in [0.2, 0.25) is 0 Å². The minimum Gasteiger partial charge on any atom is -0.512 e. The zero-order chi connectivity index (χ0) is 40.2. The van der Waals surface area contributed by atoms with Crippen molar-refractivity contribution in [3.05, 3.63) is 215 Å². The van der Waals surface area contributed by atoms with Crippen LogP contribution in [0.3, 0.4) is 0 Å². The fourth-order valence-electron chi connectivity index (χ4n) is 7.73. The summed E-state index contributed by atoms with van der Waals surface area (Å²) in [6, 6.07) is 52.7. The van der Waals surface area contributed by atoms with Crippen molar-refractivity contribution in [2.45, 2.75) is 25.9 Å². The maximum absolute atomic E-state index is 14.7. The number of rotatable bonds is 11. The molecule has 0 bridgehead atoms. The summed E-state index contributed by atoms with van der Waals surface area (Å²) in [5.74, 6) is -1.08. The Hall–Kier alpha value is -6.93. The minimum absolute atomic E-state index is 0. The van der Waals surface area contributed by atoms with Crippen molar-refractivity contribution < 1.29 is 36.6 Å². The molecular formula is C52H40CoN2O4. The first kappa shape index (κ1) is 40.3. The molecule has 0 saturated carbocycles. The summed E-state index contributed by atoms with van der Waals surface area (Å²) in [4.78, 5) is 39.5. The number of ketones is 2. The van der Waals surface area contributed by atoms with Crippen LogP contribution in [0.4, 0.5) is 0 Å². The number of aliphatic imine (C=N–C) groups is 2. The van der Waals surface area contributed by atoms with Crippen LogP contribution < -0.4 is 0 Å². The first-order chi connectivity index (χ1) is 28.3. The predicted molar refractivity (Wildman–Crippen MR) is 238 cm³/mol. The number of hydrogen-bond donors (Lipinski definition) is 2. The Labute approximate surface area is 352 Å². The van der Waals surface area contributed by atoms with Crippen molar-refractivity contribution in [1.29, 1.82) is 0 Å². The van der Waals surface area contributed by atoms with Gasteiger partial charge in [-0.1, -0.05) is 158 Å². The van der Waals surface area contributed by atoms with E-state index in [-0.39, 0.29) is 51.0 Å². The molecule has 0 aliphatic rings. The average molecular weight is 816 g/mol. The van der Waals surface area contributed by atoms with Crippen molar-refractivity contribution in [2.24, 2.45) is 9.98 Å². The van der Waals surface area contributed by atoms with Gasteiger partial charge in [0.15, 0.2) is 11.6 Å². The summed E-state index contributed by atoms with van der Waals surface area (Å²) in [7, 11) is 0.